The number of hydrogen-bond donors (Lipinski definition) is 0. The van der Waals surface area contributed by atoms with E-state index in [1.807, 2.05) is 0 Å². The van der Waals surface area contributed by atoms with E-state index in [1.54, 1.807) is 18.2 Å². The predicted octanol–water partition coefficient (Wildman–Crippen LogP) is 4.45. The number of aromatic nitrogens is 2. The molecule has 10 heteroatoms. The summed E-state index contributed by atoms with van der Waals surface area (Å²) in [6.07, 6.45) is 3.19. The molecule has 0 aliphatic carbocycles. The van der Waals surface area contributed by atoms with Gasteiger partial charge in [-0.3, -0.25) is 0 Å². The standard InChI is InChI=1S/C24H23ClFN3O4S/c25-17-10-16(29-34(30)6-1-7-34)11-19-23(17)18(27-13-28-19)8-14-2-3-15(26)9-21(14)33-22-12-32-20-4-5-31-24(20)22/h2-3,9-11,13,20,22,24H,1,4-8,12H2/t20-,22-,24+/m1/s1. The van der Waals surface area contributed by atoms with Crippen molar-refractivity contribution in [3.63, 3.8) is 0 Å². The van der Waals surface area contributed by atoms with Gasteiger partial charge in [0.1, 0.15) is 24.0 Å². The third-order valence-corrected chi connectivity index (χ3v) is 9.23. The first kappa shape index (κ1) is 22.2. The van der Waals surface area contributed by atoms with E-state index in [9.17, 15) is 8.60 Å². The van der Waals surface area contributed by atoms with Gasteiger partial charge < -0.3 is 14.2 Å². The van der Waals surface area contributed by atoms with Gasteiger partial charge in [-0.25, -0.2) is 18.6 Å². The number of hydrogen-bond acceptors (Lipinski definition) is 7. The molecule has 2 aromatic carbocycles. The van der Waals surface area contributed by atoms with E-state index in [0.717, 1.165) is 18.4 Å². The normalized spacial score (nSPS) is 25.2. The molecule has 7 nitrogen and oxygen atoms in total. The number of fused-ring (bicyclic) bond motifs is 2. The molecule has 34 heavy (non-hydrogen) atoms. The molecule has 1 aromatic heterocycles. The second-order valence-electron chi connectivity index (χ2n) is 8.85. The van der Waals surface area contributed by atoms with Gasteiger partial charge in [-0.15, -0.1) is 0 Å². The largest absolute Gasteiger partial charge is 0.485 e. The molecule has 6 rings (SSSR count). The molecule has 3 aliphatic rings. The molecule has 0 amide bonds. The lowest BCUT2D eigenvalue weighted by Crippen LogP contribution is -2.32. The molecule has 4 heterocycles. The quantitative estimate of drug-likeness (QED) is 0.511. The van der Waals surface area contributed by atoms with Crippen LogP contribution in [0.1, 0.15) is 24.1 Å². The minimum Gasteiger partial charge on any atom is -0.485 e. The Labute approximate surface area is 201 Å². The van der Waals surface area contributed by atoms with Crippen LogP contribution in [0.25, 0.3) is 10.9 Å². The Morgan fingerprint density at radius 3 is 2.91 bits per heavy atom. The Bertz CT molecular complexity index is 1380. The number of benzene rings is 2. The Kier molecular flexibility index (Phi) is 5.68. The molecule has 3 saturated heterocycles. The lowest BCUT2D eigenvalue weighted by Gasteiger charge is -2.20. The van der Waals surface area contributed by atoms with Gasteiger partial charge in [0.15, 0.2) is 6.10 Å². The molecule has 0 unspecified atom stereocenters. The molecule has 178 valence electrons. The van der Waals surface area contributed by atoms with Crippen molar-refractivity contribution in [3.8, 4) is 5.75 Å². The number of nitrogens with zero attached hydrogens (tertiary/aromatic N) is 3. The molecule has 0 saturated carbocycles. The van der Waals surface area contributed by atoms with E-state index in [-0.39, 0.29) is 24.1 Å². The van der Waals surface area contributed by atoms with E-state index in [0.29, 0.717) is 64.2 Å². The topological polar surface area (TPSA) is 82.9 Å². The van der Waals surface area contributed by atoms with E-state index < -0.39 is 9.73 Å². The van der Waals surface area contributed by atoms with Crippen molar-refractivity contribution in [1.29, 1.82) is 0 Å². The fourth-order valence-corrected chi connectivity index (χ4v) is 6.48. The van der Waals surface area contributed by atoms with Crippen molar-refractivity contribution >= 4 is 37.9 Å². The molecule has 3 atom stereocenters. The fraction of sp³-hybridized carbons (Fsp3) is 0.417. The van der Waals surface area contributed by atoms with Crippen molar-refractivity contribution in [3.05, 3.63) is 58.8 Å². The van der Waals surface area contributed by atoms with Crippen LogP contribution in [0, 0.1) is 5.82 Å². The summed E-state index contributed by atoms with van der Waals surface area (Å²) in [6, 6.07) is 7.97. The average molecular weight is 504 g/mol. The average Bonchev–Trinajstić information content (AvgIpc) is 3.39. The second-order valence-corrected chi connectivity index (χ2v) is 11.8. The zero-order valence-corrected chi connectivity index (χ0v) is 19.9. The van der Waals surface area contributed by atoms with Crippen LogP contribution >= 0.6 is 11.6 Å². The van der Waals surface area contributed by atoms with Gasteiger partial charge in [-0.2, -0.15) is 4.36 Å². The van der Waals surface area contributed by atoms with E-state index >= 15 is 0 Å². The SMILES string of the molecule is O=S1(=Nc2cc(Cl)c3c(Cc4ccc(F)cc4O[C@@H]4CO[C@@H]5CCO[C@@H]54)ncnc3c2)CCC1. The zero-order chi connectivity index (χ0) is 23.3. The molecule has 0 bridgehead atoms. The van der Waals surface area contributed by atoms with Crippen molar-refractivity contribution < 1.29 is 22.8 Å². The summed E-state index contributed by atoms with van der Waals surface area (Å²) in [5, 5.41) is 1.12. The third kappa shape index (κ3) is 4.15. The molecule has 3 fully saturated rings. The van der Waals surface area contributed by atoms with Gasteiger partial charge in [-0.1, -0.05) is 17.7 Å². The summed E-state index contributed by atoms with van der Waals surface area (Å²) in [6.45, 7) is 1.04. The molecule has 3 aromatic rings. The second kappa shape index (κ2) is 8.71. The summed E-state index contributed by atoms with van der Waals surface area (Å²) in [5.74, 6) is 1.28. The maximum atomic E-state index is 14.1. The fourth-order valence-electron chi connectivity index (χ4n) is 4.71. The highest BCUT2D eigenvalue weighted by Gasteiger charge is 2.43. The van der Waals surface area contributed by atoms with Crippen LogP contribution in [0.5, 0.6) is 5.75 Å². The molecule has 0 radical (unpaired) electrons. The summed E-state index contributed by atoms with van der Waals surface area (Å²) in [7, 11) is -2.16. The summed E-state index contributed by atoms with van der Waals surface area (Å²) >= 11 is 6.63. The predicted molar refractivity (Wildman–Crippen MR) is 127 cm³/mol. The van der Waals surface area contributed by atoms with Crippen LogP contribution in [-0.2, 0) is 25.6 Å². The van der Waals surface area contributed by atoms with Crippen molar-refractivity contribution in [2.24, 2.45) is 4.36 Å². The van der Waals surface area contributed by atoms with Gasteiger partial charge in [0.2, 0.25) is 0 Å². The molecular formula is C24H23ClFN3O4S. The van der Waals surface area contributed by atoms with Crippen LogP contribution < -0.4 is 4.74 Å². The van der Waals surface area contributed by atoms with Crippen molar-refractivity contribution in [2.45, 2.75) is 37.6 Å². The van der Waals surface area contributed by atoms with E-state index in [2.05, 4.69) is 14.3 Å². The number of ether oxygens (including phenoxy) is 3. The van der Waals surface area contributed by atoms with Gasteiger partial charge >= 0.3 is 0 Å². The minimum atomic E-state index is -2.16. The Balaban J connectivity index is 1.33. The number of rotatable bonds is 5. The first-order valence-electron chi connectivity index (χ1n) is 11.3. The van der Waals surface area contributed by atoms with Crippen LogP contribution in [0.3, 0.4) is 0 Å². The first-order valence-corrected chi connectivity index (χ1v) is 13.5. The smallest absolute Gasteiger partial charge is 0.150 e. The summed E-state index contributed by atoms with van der Waals surface area (Å²) < 4.78 is 48.8. The van der Waals surface area contributed by atoms with Crippen LogP contribution in [0.4, 0.5) is 10.1 Å². The highest BCUT2D eigenvalue weighted by Crippen LogP contribution is 2.35. The summed E-state index contributed by atoms with van der Waals surface area (Å²) in [5.41, 5.74) is 2.63. The Morgan fingerprint density at radius 1 is 1.21 bits per heavy atom. The van der Waals surface area contributed by atoms with E-state index in [4.69, 9.17) is 25.8 Å². The van der Waals surface area contributed by atoms with Crippen molar-refractivity contribution in [2.75, 3.05) is 24.7 Å². The van der Waals surface area contributed by atoms with Gasteiger partial charge in [0.05, 0.1) is 44.4 Å². The maximum Gasteiger partial charge on any atom is 0.150 e. The van der Waals surface area contributed by atoms with Gasteiger partial charge in [-0.05, 0) is 31.0 Å². The van der Waals surface area contributed by atoms with E-state index in [1.165, 1.54) is 18.5 Å². The van der Waals surface area contributed by atoms with Crippen molar-refractivity contribution in [1.82, 2.24) is 9.97 Å². The van der Waals surface area contributed by atoms with Crippen LogP contribution in [-0.4, -0.2) is 57.2 Å². The van der Waals surface area contributed by atoms with Gasteiger partial charge in [0, 0.05) is 41.5 Å². The Morgan fingerprint density at radius 2 is 2.09 bits per heavy atom. The maximum absolute atomic E-state index is 14.1. The lowest BCUT2D eigenvalue weighted by atomic mass is 10.0. The minimum absolute atomic E-state index is 0.0289. The molecule has 3 aliphatic heterocycles. The zero-order valence-electron chi connectivity index (χ0n) is 18.3. The monoisotopic (exact) mass is 503 g/mol. The lowest BCUT2D eigenvalue weighted by molar-refractivity contribution is 0.0304. The number of halogens is 2. The summed E-state index contributed by atoms with van der Waals surface area (Å²) in [4.78, 5) is 8.82. The Hall–Kier alpha value is -2.33. The van der Waals surface area contributed by atoms with Crippen LogP contribution in [0.15, 0.2) is 41.0 Å². The highest BCUT2D eigenvalue weighted by atomic mass is 35.5. The first-order chi connectivity index (χ1) is 16.5. The van der Waals surface area contributed by atoms with Crippen LogP contribution in [0.2, 0.25) is 5.02 Å². The molecule has 0 N–H and O–H groups in total. The highest BCUT2D eigenvalue weighted by molar-refractivity contribution is 7.95. The third-order valence-electron chi connectivity index (χ3n) is 6.54. The molecular weight excluding hydrogens is 481 g/mol. The molecule has 0 spiro atoms. The van der Waals surface area contributed by atoms with Gasteiger partial charge in [0.25, 0.3) is 0 Å².